The highest BCUT2D eigenvalue weighted by atomic mass is 35.5. The molecular formula is C25H30Cl2FN5O3S. The first-order valence-electron chi connectivity index (χ1n) is 11.6. The Bertz CT molecular complexity index is 1230. The molecular weight excluding hydrogens is 540 g/mol. The number of piperidine rings is 1. The molecule has 1 saturated heterocycles. The number of benzene rings is 1. The predicted molar refractivity (Wildman–Crippen MR) is 148 cm³/mol. The molecule has 0 aliphatic carbocycles. The first-order valence-corrected chi connectivity index (χ1v) is 12.4. The van der Waals surface area contributed by atoms with Gasteiger partial charge in [0, 0.05) is 36.9 Å². The Morgan fingerprint density at radius 1 is 1.24 bits per heavy atom. The maximum Gasteiger partial charge on any atom is 0.214 e. The van der Waals surface area contributed by atoms with Crippen molar-refractivity contribution in [3.05, 3.63) is 54.4 Å². The smallest absolute Gasteiger partial charge is 0.214 e. The van der Waals surface area contributed by atoms with E-state index in [-0.39, 0.29) is 49.1 Å². The van der Waals surface area contributed by atoms with E-state index in [1.54, 1.807) is 25.6 Å². The highest BCUT2D eigenvalue weighted by Crippen LogP contribution is 2.33. The molecule has 1 aromatic carbocycles. The molecule has 12 heteroatoms. The van der Waals surface area contributed by atoms with Gasteiger partial charge in [-0.1, -0.05) is 0 Å². The van der Waals surface area contributed by atoms with Crippen LogP contribution in [0.5, 0.6) is 5.75 Å². The number of anilines is 1. The summed E-state index contributed by atoms with van der Waals surface area (Å²) in [6.07, 6.45) is 2.09. The summed E-state index contributed by atoms with van der Waals surface area (Å²) in [6, 6.07) is 10.8. The van der Waals surface area contributed by atoms with Crippen molar-refractivity contribution in [2.24, 2.45) is 0 Å². The van der Waals surface area contributed by atoms with Crippen LogP contribution in [-0.4, -0.2) is 77.3 Å². The average molecular weight is 571 g/mol. The average Bonchev–Trinajstić information content (AvgIpc) is 2.87. The number of nitrogens with zero attached hydrogens (tertiary/aromatic N) is 4. The summed E-state index contributed by atoms with van der Waals surface area (Å²) < 4.78 is 20.4. The minimum Gasteiger partial charge on any atom is -0.497 e. The fraction of sp³-hybridized carbons (Fsp3) is 0.400. The van der Waals surface area contributed by atoms with Crippen LogP contribution in [0.25, 0.3) is 10.9 Å². The molecule has 5 rings (SSSR count). The molecule has 2 aromatic heterocycles. The Kier molecular flexibility index (Phi) is 10.3. The van der Waals surface area contributed by atoms with E-state index in [9.17, 15) is 9.90 Å². The van der Waals surface area contributed by atoms with Crippen LogP contribution in [0.15, 0.2) is 53.8 Å². The van der Waals surface area contributed by atoms with Crippen molar-refractivity contribution < 1.29 is 19.0 Å². The molecule has 200 valence electrons. The normalized spacial score (nSPS) is 20.5. The molecule has 0 amide bonds. The predicted octanol–water partition coefficient (Wildman–Crippen LogP) is 3.61. The summed E-state index contributed by atoms with van der Waals surface area (Å²) in [5, 5.41) is 15.8. The number of alkyl halides is 1. The number of halogens is 3. The van der Waals surface area contributed by atoms with Crippen LogP contribution in [0, 0.1) is 0 Å². The van der Waals surface area contributed by atoms with Gasteiger partial charge in [0.05, 0.1) is 37.6 Å². The quantitative estimate of drug-likeness (QED) is 0.442. The van der Waals surface area contributed by atoms with Crippen LogP contribution >= 0.6 is 36.6 Å². The molecule has 2 N–H and O–H groups in total. The SMILES string of the molecule is COc1ccc2nccc([C@@H](O)CN3CC[C@@H](NCN4CC(=O)Sc5ncccc54)[C@H](F)C3)c2c1.Cl.Cl. The molecule has 0 saturated carbocycles. The largest absolute Gasteiger partial charge is 0.497 e. The van der Waals surface area contributed by atoms with Gasteiger partial charge < -0.3 is 14.7 Å². The van der Waals surface area contributed by atoms with Gasteiger partial charge in [-0.05, 0) is 66.7 Å². The number of aliphatic hydroxyl groups excluding tert-OH is 1. The fourth-order valence-electron chi connectivity index (χ4n) is 4.72. The summed E-state index contributed by atoms with van der Waals surface area (Å²) in [7, 11) is 1.60. The number of ether oxygens (including phenoxy) is 1. The second kappa shape index (κ2) is 13.0. The highest BCUT2D eigenvalue weighted by Gasteiger charge is 2.32. The lowest BCUT2D eigenvalue weighted by Crippen LogP contribution is -2.54. The van der Waals surface area contributed by atoms with Crippen molar-refractivity contribution in [2.75, 3.05) is 44.9 Å². The molecule has 3 atom stereocenters. The zero-order valence-corrected chi connectivity index (χ0v) is 22.7. The van der Waals surface area contributed by atoms with E-state index in [1.165, 1.54) is 0 Å². The number of carbonyl (C=O) groups excluding carboxylic acids is 1. The van der Waals surface area contributed by atoms with Gasteiger partial charge in [-0.25, -0.2) is 9.37 Å². The van der Waals surface area contributed by atoms with Gasteiger partial charge in [0.1, 0.15) is 16.9 Å². The van der Waals surface area contributed by atoms with E-state index in [0.29, 0.717) is 37.0 Å². The molecule has 37 heavy (non-hydrogen) atoms. The maximum absolute atomic E-state index is 15.1. The van der Waals surface area contributed by atoms with E-state index < -0.39 is 12.3 Å². The Morgan fingerprint density at radius 2 is 2.08 bits per heavy atom. The highest BCUT2D eigenvalue weighted by molar-refractivity contribution is 8.13. The zero-order valence-electron chi connectivity index (χ0n) is 20.2. The Labute approximate surface area is 231 Å². The monoisotopic (exact) mass is 569 g/mol. The van der Waals surface area contributed by atoms with Crippen LogP contribution in [0.1, 0.15) is 18.1 Å². The number of pyridine rings is 2. The first-order chi connectivity index (χ1) is 17.0. The molecule has 2 aliphatic rings. The number of nitrogens with one attached hydrogen (secondary N) is 1. The lowest BCUT2D eigenvalue weighted by molar-refractivity contribution is -0.110. The molecule has 2 aliphatic heterocycles. The number of carbonyl (C=O) groups is 1. The number of aliphatic hydroxyl groups is 1. The Balaban J connectivity index is 0.00000190. The molecule has 0 spiro atoms. The number of likely N-dealkylation sites (tertiary alicyclic amines) is 1. The summed E-state index contributed by atoms with van der Waals surface area (Å²) in [5.41, 5.74) is 2.42. The number of β-amino-alcohol motifs (C(OH)–C–C–N with tert-alkyl or cyclic N) is 1. The summed E-state index contributed by atoms with van der Waals surface area (Å²) >= 11 is 1.15. The molecule has 8 nitrogen and oxygen atoms in total. The van der Waals surface area contributed by atoms with Crippen molar-refractivity contribution in [3.63, 3.8) is 0 Å². The van der Waals surface area contributed by atoms with Gasteiger partial charge >= 0.3 is 0 Å². The topological polar surface area (TPSA) is 90.8 Å². The van der Waals surface area contributed by atoms with E-state index in [4.69, 9.17) is 4.74 Å². The third kappa shape index (κ3) is 6.63. The number of hydrogen-bond acceptors (Lipinski definition) is 9. The lowest BCUT2D eigenvalue weighted by atomic mass is 10.00. The van der Waals surface area contributed by atoms with Crippen molar-refractivity contribution >= 4 is 58.3 Å². The minimum atomic E-state index is -1.09. The number of rotatable bonds is 7. The number of fused-ring (bicyclic) bond motifs is 2. The third-order valence-corrected chi connectivity index (χ3v) is 7.43. The van der Waals surface area contributed by atoms with E-state index >= 15 is 4.39 Å². The first kappa shape index (κ1) is 29.3. The van der Waals surface area contributed by atoms with Crippen molar-refractivity contribution in [1.29, 1.82) is 0 Å². The molecule has 4 heterocycles. The van der Waals surface area contributed by atoms with Crippen molar-refractivity contribution in [3.8, 4) is 5.75 Å². The molecule has 1 fully saturated rings. The van der Waals surface area contributed by atoms with Gasteiger partial charge in [-0.15, -0.1) is 24.8 Å². The van der Waals surface area contributed by atoms with Gasteiger partial charge in [-0.3, -0.25) is 20.0 Å². The zero-order chi connectivity index (χ0) is 24.4. The number of aromatic nitrogens is 2. The number of hydrogen-bond donors (Lipinski definition) is 2. The van der Waals surface area contributed by atoms with E-state index in [1.807, 2.05) is 40.1 Å². The lowest BCUT2D eigenvalue weighted by Gasteiger charge is -2.38. The molecule has 0 unspecified atom stereocenters. The maximum atomic E-state index is 15.1. The van der Waals surface area contributed by atoms with Gasteiger partial charge in [-0.2, -0.15) is 0 Å². The molecule has 0 radical (unpaired) electrons. The summed E-state index contributed by atoms with van der Waals surface area (Å²) in [4.78, 5) is 24.6. The van der Waals surface area contributed by atoms with Gasteiger partial charge in [0.2, 0.25) is 5.12 Å². The van der Waals surface area contributed by atoms with Crippen LogP contribution in [0.3, 0.4) is 0 Å². The van der Waals surface area contributed by atoms with Crippen LogP contribution in [-0.2, 0) is 4.79 Å². The number of thioether (sulfide) groups is 1. The summed E-state index contributed by atoms with van der Waals surface area (Å²) in [6.45, 7) is 1.87. The van der Waals surface area contributed by atoms with E-state index in [2.05, 4.69) is 15.3 Å². The molecule has 0 bridgehead atoms. The Morgan fingerprint density at radius 3 is 2.86 bits per heavy atom. The van der Waals surface area contributed by atoms with Crippen LogP contribution in [0.4, 0.5) is 10.1 Å². The van der Waals surface area contributed by atoms with Crippen LogP contribution in [0.2, 0.25) is 0 Å². The van der Waals surface area contributed by atoms with Crippen molar-refractivity contribution in [1.82, 2.24) is 20.2 Å². The minimum absolute atomic E-state index is 0. The van der Waals surface area contributed by atoms with Crippen molar-refractivity contribution in [2.45, 2.75) is 29.8 Å². The van der Waals surface area contributed by atoms with Gasteiger partial charge in [0.25, 0.3) is 0 Å². The third-order valence-electron chi connectivity index (χ3n) is 6.56. The standard InChI is InChI=1S/C25H28FN5O3S.2ClH/c1-34-16-4-5-20-18(11-16)17(6-9-27-20)23(32)13-30-10-7-21(19(26)12-30)29-15-31-14-24(33)35-25-22(31)3-2-8-28-25;;/h2-6,8-9,11,19,21,23,29,32H,7,10,12-15H2,1H3;2*1H/t19-,21-,23+;;/m1../s1. The van der Waals surface area contributed by atoms with Gasteiger partial charge in [0.15, 0.2) is 0 Å². The second-order valence-electron chi connectivity index (χ2n) is 8.83. The second-order valence-corrected chi connectivity index (χ2v) is 9.88. The van der Waals surface area contributed by atoms with E-state index in [0.717, 1.165) is 33.9 Å². The number of methoxy groups -OCH3 is 1. The summed E-state index contributed by atoms with van der Waals surface area (Å²) in [5.74, 6) is 0.696. The Hall–Kier alpha value is -2.21. The molecule has 3 aromatic rings. The fourth-order valence-corrected chi connectivity index (χ4v) is 5.57. The van der Waals surface area contributed by atoms with Crippen LogP contribution < -0.4 is 15.0 Å².